The SMILES string of the molecule is COc1cc(C(=O)C(CCCc2ccccc2)Cc2ccc(Oc3c(C)cccc3C(=O)O)cc2)cc(OC)c1OC. The number of ether oxygens (including phenoxy) is 4. The van der Waals surface area contributed by atoms with Gasteiger partial charge in [0.05, 0.1) is 21.3 Å². The Morgan fingerprint density at radius 2 is 1.43 bits per heavy atom. The second-order valence-corrected chi connectivity index (χ2v) is 10.1. The van der Waals surface area contributed by atoms with E-state index in [1.54, 1.807) is 30.3 Å². The lowest BCUT2D eigenvalue weighted by Crippen LogP contribution is -2.18. The van der Waals surface area contributed by atoms with Crippen LogP contribution in [0.5, 0.6) is 28.7 Å². The summed E-state index contributed by atoms with van der Waals surface area (Å²) in [5.74, 6) is 0.790. The smallest absolute Gasteiger partial charge is 0.339 e. The van der Waals surface area contributed by atoms with Crippen LogP contribution in [0, 0.1) is 12.8 Å². The maximum atomic E-state index is 13.9. The fourth-order valence-corrected chi connectivity index (χ4v) is 5.03. The molecule has 0 radical (unpaired) electrons. The van der Waals surface area contributed by atoms with Crippen LogP contribution in [0.4, 0.5) is 0 Å². The minimum Gasteiger partial charge on any atom is -0.493 e. The molecule has 218 valence electrons. The molecule has 0 heterocycles. The number of Topliss-reactive ketones (excluding diaryl/α,β-unsaturated/α-hetero) is 1. The van der Waals surface area contributed by atoms with Crippen LogP contribution in [-0.4, -0.2) is 38.2 Å². The zero-order valence-electron chi connectivity index (χ0n) is 24.4. The summed E-state index contributed by atoms with van der Waals surface area (Å²) in [5, 5.41) is 9.56. The molecule has 0 amide bonds. The van der Waals surface area contributed by atoms with Crippen molar-refractivity contribution in [2.75, 3.05) is 21.3 Å². The van der Waals surface area contributed by atoms with Crippen molar-refractivity contribution < 1.29 is 33.6 Å². The van der Waals surface area contributed by atoms with Gasteiger partial charge in [-0.15, -0.1) is 0 Å². The fraction of sp³-hybridized carbons (Fsp3) is 0.257. The minimum atomic E-state index is -1.05. The maximum Gasteiger partial charge on any atom is 0.339 e. The molecule has 4 rings (SSSR count). The summed E-state index contributed by atoms with van der Waals surface area (Å²) in [6.45, 7) is 1.81. The van der Waals surface area contributed by atoms with Crippen LogP contribution in [-0.2, 0) is 12.8 Å². The third-order valence-electron chi connectivity index (χ3n) is 7.25. The van der Waals surface area contributed by atoms with E-state index in [9.17, 15) is 14.7 Å². The van der Waals surface area contributed by atoms with Crippen molar-refractivity contribution in [1.29, 1.82) is 0 Å². The number of ketones is 1. The Bertz CT molecular complexity index is 1490. The number of methoxy groups -OCH3 is 3. The average Bonchev–Trinajstić information content (AvgIpc) is 3.01. The number of carbonyl (C=O) groups is 2. The molecule has 0 aliphatic heterocycles. The highest BCUT2D eigenvalue weighted by molar-refractivity contribution is 5.99. The Labute approximate surface area is 246 Å². The number of aryl methyl sites for hydroxylation is 2. The van der Waals surface area contributed by atoms with Gasteiger partial charge in [-0.2, -0.15) is 0 Å². The van der Waals surface area contributed by atoms with Crippen LogP contribution in [0.1, 0.15) is 50.2 Å². The number of carbonyl (C=O) groups excluding carboxylic acids is 1. The van der Waals surface area contributed by atoms with Crippen molar-refractivity contribution in [2.24, 2.45) is 5.92 Å². The molecule has 1 unspecified atom stereocenters. The van der Waals surface area contributed by atoms with Crippen molar-refractivity contribution in [3.05, 3.63) is 113 Å². The van der Waals surface area contributed by atoms with Crippen LogP contribution in [0.3, 0.4) is 0 Å². The number of carboxylic acids is 1. The first kappa shape index (κ1) is 30.2. The summed E-state index contributed by atoms with van der Waals surface area (Å²) >= 11 is 0. The molecule has 0 spiro atoms. The molecule has 7 nitrogen and oxygen atoms in total. The van der Waals surface area contributed by atoms with Crippen LogP contribution < -0.4 is 18.9 Å². The van der Waals surface area contributed by atoms with Gasteiger partial charge in [-0.25, -0.2) is 4.79 Å². The molecule has 0 aliphatic carbocycles. The normalized spacial score (nSPS) is 11.4. The molecule has 1 N–H and O–H groups in total. The zero-order valence-corrected chi connectivity index (χ0v) is 24.4. The summed E-state index contributed by atoms with van der Waals surface area (Å²) < 4.78 is 22.4. The molecule has 7 heteroatoms. The lowest BCUT2D eigenvalue weighted by Gasteiger charge is -2.19. The van der Waals surface area contributed by atoms with Crippen LogP contribution >= 0.6 is 0 Å². The van der Waals surface area contributed by atoms with E-state index in [1.807, 2.05) is 43.3 Å². The molecule has 0 saturated carbocycles. The van der Waals surface area contributed by atoms with E-state index in [2.05, 4.69) is 12.1 Å². The molecule has 0 aliphatic rings. The first-order chi connectivity index (χ1) is 20.3. The zero-order chi connectivity index (χ0) is 30.1. The van der Waals surface area contributed by atoms with E-state index in [0.29, 0.717) is 47.2 Å². The topological polar surface area (TPSA) is 91.3 Å². The van der Waals surface area contributed by atoms with Crippen LogP contribution in [0.25, 0.3) is 0 Å². The summed E-state index contributed by atoms with van der Waals surface area (Å²) in [6, 6.07) is 26.1. The summed E-state index contributed by atoms with van der Waals surface area (Å²) in [6.07, 6.45) is 2.93. The Morgan fingerprint density at radius 3 is 2.02 bits per heavy atom. The molecular weight excluding hydrogens is 532 g/mol. The van der Waals surface area contributed by atoms with Gasteiger partial charge >= 0.3 is 5.97 Å². The van der Waals surface area contributed by atoms with Gasteiger partial charge in [0.2, 0.25) is 5.75 Å². The standard InChI is InChI=1S/C35H36O7/c1-23-10-8-15-29(35(37)38)33(23)42-28-18-16-25(17-19-28)20-26(14-9-13-24-11-6-5-7-12-24)32(36)27-21-30(39-2)34(41-4)31(22-27)40-3/h5-8,10-12,15-19,21-22,26H,9,13-14,20H2,1-4H3,(H,37,38). The summed E-state index contributed by atoms with van der Waals surface area (Å²) in [7, 11) is 4.59. The molecule has 42 heavy (non-hydrogen) atoms. The van der Waals surface area contributed by atoms with Crippen LogP contribution in [0.2, 0.25) is 0 Å². The molecule has 1 atom stereocenters. The van der Waals surface area contributed by atoms with Gasteiger partial charge in [0.1, 0.15) is 17.1 Å². The van der Waals surface area contributed by atoms with Gasteiger partial charge in [-0.3, -0.25) is 4.79 Å². The highest BCUT2D eigenvalue weighted by Crippen LogP contribution is 2.39. The predicted octanol–water partition coefficient (Wildman–Crippen LogP) is 7.58. The number of aromatic carboxylic acids is 1. The summed E-state index contributed by atoms with van der Waals surface area (Å²) in [5.41, 5.74) is 3.53. The predicted molar refractivity (Wildman–Crippen MR) is 162 cm³/mol. The van der Waals surface area contributed by atoms with E-state index in [1.165, 1.54) is 33.0 Å². The van der Waals surface area contributed by atoms with E-state index in [-0.39, 0.29) is 17.3 Å². The third kappa shape index (κ3) is 7.29. The summed E-state index contributed by atoms with van der Waals surface area (Å²) in [4.78, 5) is 25.6. The highest BCUT2D eigenvalue weighted by Gasteiger charge is 2.24. The quantitative estimate of drug-likeness (QED) is 0.157. The second-order valence-electron chi connectivity index (χ2n) is 10.1. The van der Waals surface area contributed by atoms with Crippen LogP contribution in [0.15, 0.2) is 84.9 Å². The molecule has 0 bridgehead atoms. The Balaban J connectivity index is 1.57. The molecular formula is C35H36O7. The molecule has 0 saturated heterocycles. The lowest BCUT2D eigenvalue weighted by molar-refractivity contribution is 0.0693. The van der Waals surface area contributed by atoms with Gasteiger partial charge in [-0.05, 0) is 79.6 Å². The Kier molecular flexibility index (Phi) is 10.2. The minimum absolute atomic E-state index is 0.00588. The monoisotopic (exact) mass is 568 g/mol. The van der Waals surface area contributed by atoms with E-state index in [0.717, 1.165) is 24.0 Å². The first-order valence-electron chi connectivity index (χ1n) is 13.8. The number of benzene rings is 4. The highest BCUT2D eigenvalue weighted by atomic mass is 16.5. The lowest BCUT2D eigenvalue weighted by atomic mass is 9.86. The second kappa shape index (κ2) is 14.2. The first-order valence-corrected chi connectivity index (χ1v) is 13.8. The number of rotatable bonds is 14. The van der Waals surface area contributed by atoms with Gasteiger partial charge in [0.15, 0.2) is 17.3 Å². The molecule has 4 aromatic rings. The van der Waals surface area contributed by atoms with Crippen molar-refractivity contribution in [3.8, 4) is 28.7 Å². The number of hydrogen-bond donors (Lipinski definition) is 1. The number of para-hydroxylation sites is 1. The van der Waals surface area contributed by atoms with Crippen molar-refractivity contribution in [3.63, 3.8) is 0 Å². The van der Waals surface area contributed by atoms with Gasteiger partial charge < -0.3 is 24.1 Å². The molecule has 0 aromatic heterocycles. The Hall–Kier alpha value is -4.78. The maximum absolute atomic E-state index is 13.9. The average molecular weight is 569 g/mol. The Morgan fingerprint density at radius 1 is 0.762 bits per heavy atom. The van der Waals surface area contributed by atoms with Gasteiger partial charge in [-0.1, -0.05) is 54.6 Å². The van der Waals surface area contributed by atoms with Crippen molar-refractivity contribution in [2.45, 2.75) is 32.6 Å². The van der Waals surface area contributed by atoms with E-state index < -0.39 is 5.97 Å². The molecule has 0 fully saturated rings. The van der Waals surface area contributed by atoms with Gasteiger partial charge in [0, 0.05) is 11.5 Å². The number of carboxylic acid groups (broad SMARTS) is 1. The largest absolute Gasteiger partial charge is 0.493 e. The third-order valence-corrected chi connectivity index (χ3v) is 7.25. The fourth-order valence-electron chi connectivity index (χ4n) is 5.03. The molecule has 4 aromatic carbocycles. The van der Waals surface area contributed by atoms with Gasteiger partial charge in [0.25, 0.3) is 0 Å². The van der Waals surface area contributed by atoms with Crippen molar-refractivity contribution >= 4 is 11.8 Å². The van der Waals surface area contributed by atoms with E-state index >= 15 is 0 Å². The van der Waals surface area contributed by atoms with Crippen molar-refractivity contribution in [1.82, 2.24) is 0 Å². The number of hydrogen-bond acceptors (Lipinski definition) is 6. The van der Waals surface area contributed by atoms with E-state index in [4.69, 9.17) is 18.9 Å².